The summed E-state index contributed by atoms with van der Waals surface area (Å²) in [6, 6.07) is 4.28. The molecule has 0 radical (unpaired) electrons. The Kier molecular flexibility index (Phi) is 4.31. The summed E-state index contributed by atoms with van der Waals surface area (Å²) in [5, 5.41) is 14.0. The first-order chi connectivity index (χ1) is 8.56. The zero-order valence-corrected chi connectivity index (χ0v) is 11.2. The largest absolute Gasteiger partial charge is 0.316 e. The van der Waals surface area contributed by atoms with E-state index in [0.717, 1.165) is 13.1 Å². The summed E-state index contributed by atoms with van der Waals surface area (Å²) >= 11 is 5.95. The molecule has 1 atom stereocenters. The van der Waals surface area contributed by atoms with E-state index in [1.165, 1.54) is 12.1 Å². The molecule has 0 aliphatic carbocycles. The molecule has 1 aromatic carbocycles. The lowest BCUT2D eigenvalue weighted by Gasteiger charge is -2.26. The molecule has 0 bridgehead atoms. The molecule has 1 aliphatic heterocycles. The maximum atomic E-state index is 11.9. The van der Waals surface area contributed by atoms with E-state index >= 15 is 0 Å². The molecular weight excluding hydrogens is 276 g/mol. The highest BCUT2D eigenvalue weighted by atomic mass is 35.5. The number of nitro groups is 1. The predicted octanol–water partition coefficient (Wildman–Crippen LogP) is 1.72. The van der Waals surface area contributed by atoms with Crippen LogP contribution in [0, 0.1) is 16.0 Å². The van der Waals surface area contributed by atoms with E-state index in [2.05, 4.69) is 5.32 Å². The van der Waals surface area contributed by atoms with Gasteiger partial charge in [-0.15, -0.1) is 0 Å². The topological polar surface area (TPSA) is 72.2 Å². The second-order valence-corrected chi connectivity index (χ2v) is 6.22. The fourth-order valence-corrected chi connectivity index (χ4v) is 3.53. The molecule has 0 saturated carbocycles. The zero-order chi connectivity index (χ0) is 13.1. The molecule has 2 rings (SSSR count). The van der Waals surface area contributed by atoms with Crippen molar-refractivity contribution in [1.82, 2.24) is 5.32 Å². The first kappa shape index (κ1) is 13.5. The fourth-order valence-electron chi connectivity index (χ4n) is 1.73. The van der Waals surface area contributed by atoms with Gasteiger partial charge in [-0.2, -0.15) is 0 Å². The van der Waals surface area contributed by atoms with E-state index in [4.69, 9.17) is 11.6 Å². The Morgan fingerprint density at radius 2 is 2.22 bits per heavy atom. The number of nitrogens with one attached hydrogen (secondary N) is 1. The molecule has 1 N–H and O–H groups in total. The molecule has 0 spiro atoms. The average molecular weight is 289 g/mol. The van der Waals surface area contributed by atoms with Gasteiger partial charge in [0.1, 0.15) is 0 Å². The van der Waals surface area contributed by atoms with Crippen LogP contribution in [0.15, 0.2) is 18.2 Å². The molecule has 1 heterocycles. The zero-order valence-electron chi connectivity index (χ0n) is 9.60. The Balaban J connectivity index is 2.00. The molecule has 98 valence electrons. The standard InChI is InChI=1S/C11H13ClN2O3S/c12-11-3-10(14(15)16)2-1-9(11)7-18(17)6-8-4-13-5-8/h1-3,8,13H,4-7H2. The van der Waals surface area contributed by atoms with Crippen molar-refractivity contribution in [2.24, 2.45) is 5.92 Å². The van der Waals surface area contributed by atoms with Gasteiger partial charge in [-0.25, -0.2) is 0 Å². The second-order valence-electron chi connectivity index (χ2n) is 4.31. The number of nitrogens with zero attached hydrogens (tertiary/aromatic N) is 1. The third-order valence-corrected chi connectivity index (χ3v) is 4.68. The van der Waals surface area contributed by atoms with Crippen molar-refractivity contribution < 1.29 is 9.13 Å². The van der Waals surface area contributed by atoms with Crippen LogP contribution in [0.3, 0.4) is 0 Å². The molecule has 5 nitrogen and oxygen atoms in total. The minimum atomic E-state index is -0.972. The van der Waals surface area contributed by atoms with E-state index < -0.39 is 15.7 Å². The SMILES string of the molecule is O=[N+]([O-])c1ccc(CS(=O)CC2CNC2)c(Cl)c1. The third-order valence-electron chi connectivity index (χ3n) is 2.85. The molecule has 0 aromatic heterocycles. The van der Waals surface area contributed by atoms with Crippen LogP contribution < -0.4 is 5.32 Å². The van der Waals surface area contributed by atoms with Gasteiger partial charge < -0.3 is 5.32 Å². The van der Waals surface area contributed by atoms with Crippen LogP contribution in [0.5, 0.6) is 0 Å². The number of rotatable bonds is 5. The smallest absolute Gasteiger partial charge is 0.270 e. The van der Waals surface area contributed by atoms with Crippen molar-refractivity contribution >= 4 is 28.1 Å². The quantitative estimate of drug-likeness (QED) is 0.661. The van der Waals surface area contributed by atoms with Crippen LogP contribution in [0.4, 0.5) is 5.69 Å². The molecule has 1 aliphatic rings. The number of hydrogen-bond acceptors (Lipinski definition) is 4. The normalized spacial score (nSPS) is 17.2. The first-order valence-corrected chi connectivity index (χ1v) is 7.41. The van der Waals surface area contributed by atoms with Gasteiger partial charge in [0.15, 0.2) is 0 Å². The summed E-state index contributed by atoms with van der Waals surface area (Å²) in [5.74, 6) is 1.48. The summed E-state index contributed by atoms with van der Waals surface area (Å²) in [6.07, 6.45) is 0. The lowest BCUT2D eigenvalue weighted by atomic mass is 10.1. The molecule has 1 unspecified atom stereocenters. The van der Waals surface area contributed by atoms with Crippen LogP contribution in [-0.4, -0.2) is 28.0 Å². The lowest BCUT2D eigenvalue weighted by Crippen LogP contribution is -2.44. The van der Waals surface area contributed by atoms with Gasteiger partial charge in [-0.1, -0.05) is 11.6 Å². The van der Waals surface area contributed by atoms with Crippen molar-refractivity contribution in [3.05, 3.63) is 38.9 Å². The summed E-state index contributed by atoms with van der Waals surface area (Å²) in [7, 11) is -0.972. The Hall–Kier alpha value is -0.980. The number of halogens is 1. The lowest BCUT2D eigenvalue weighted by molar-refractivity contribution is -0.384. The van der Waals surface area contributed by atoms with Crippen LogP contribution in [-0.2, 0) is 16.6 Å². The Morgan fingerprint density at radius 1 is 1.50 bits per heavy atom. The molecule has 1 fully saturated rings. The van der Waals surface area contributed by atoms with Gasteiger partial charge in [0, 0.05) is 41.8 Å². The Labute approximate surface area is 112 Å². The molecule has 0 amide bonds. The highest BCUT2D eigenvalue weighted by Gasteiger charge is 2.20. The second kappa shape index (κ2) is 5.77. The van der Waals surface area contributed by atoms with Crippen molar-refractivity contribution in [2.45, 2.75) is 5.75 Å². The van der Waals surface area contributed by atoms with Crippen molar-refractivity contribution in [3.63, 3.8) is 0 Å². The minimum Gasteiger partial charge on any atom is -0.316 e. The van der Waals surface area contributed by atoms with Gasteiger partial charge in [-0.05, 0) is 17.5 Å². The van der Waals surface area contributed by atoms with Crippen molar-refractivity contribution in [2.75, 3.05) is 18.8 Å². The predicted molar refractivity (Wildman–Crippen MR) is 71.2 cm³/mol. The highest BCUT2D eigenvalue weighted by molar-refractivity contribution is 7.84. The Morgan fingerprint density at radius 3 is 2.72 bits per heavy atom. The molecule has 1 aromatic rings. The van der Waals surface area contributed by atoms with E-state index in [-0.39, 0.29) is 5.69 Å². The maximum Gasteiger partial charge on any atom is 0.270 e. The van der Waals surface area contributed by atoms with Gasteiger partial charge in [0.25, 0.3) is 5.69 Å². The maximum absolute atomic E-state index is 11.9. The third kappa shape index (κ3) is 3.28. The van der Waals surface area contributed by atoms with Crippen LogP contribution in [0.1, 0.15) is 5.56 Å². The highest BCUT2D eigenvalue weighted by Crippen LogP contribution is 2.24. The van der Waals surface area contributed by atoms with Gasteiger partial charge in [0.05, 0.1) is 15.7 Å². The first-order valence-electron chi connectivity index (χ1n) is 5.55. The number of non-ortho nitro benzene ring substituents is 1. The number of nitro benzene ring substituents is 1. The van der Waals surface area contributed by atoms with Crippen LogP contribution in [0.2, 0.25) is 5.02 Å². The summed E-state index contributed by atoms with van der Waals surface area (Å²) in [5.41, 5.74) is 0.658. The summed E-state index contributed by atoms with van der Waals surface area (Å²) in [4.78, 5) is 10.1. The number of benzene rings is 1. The number of hydrogen-bond donors (Lipinski definition) is 1. The monoisotopic (exact) mass is 288 g/mol. The molecule has 18 heavy (non-hydrogen) atoms. The van der Waals surface area contributed by atoms with Crippen molar-refractivity contribution in [1.29, 1.82) is 0 Å². The van der Waals surface area contributed by atoms with Gasteiger partial charge >= 0.3 is 0 Å². The van der Waals surface area contributed by atoms with E-state index in [1.807, 2.05) is 0 Å². The van der Waals surface area contributed by atoms with E-state index in [0.29, 0.717) is 28.0 Å². The Bertz CT molecular complexity index is 491. The summed E-state index contributed by atoms with van der Waals surface area (Å²) in [6.45, 7) is 1.83. The van der Waals surface area contributed by atoms with E-state index in [1.54, 1.807) is 6.07 Å². The van der Waals surface area contributed by atoms with Gasteiger partial charge in [-0.3, -0.25) is 14.3 Å². The van der Waals surface area contributed by atoms with Crippen LogP contribution >= 0.6 is 11.6 Å². The molecular formula is C11H13ClN2O3S. The van der Waals surface area contributed by atoms with Gasteiger partial charge in [0.2, 0.25) is 0 Å². The molecule has 7 heteroatoms. The minimum absolute atomic E-state index is 0.0438. The van der Waals surface area contributed by atoms with Crippen molar-refractivity contribution in [3.8, 4) is 0 Å². The summed E-state index contributed by atoms with van der Waals surface area (Å²) < 4.78 is 11.9. The fraction of sp³-hybridized carbons (Fsp3) is 0.455. The van der Waals surface area contributed by atoms with Crippen LogP contribution in [0.25, 0.3) is 0 Å². The van der Waals surface area contributed by atoms with E-state index in [9.17, 15) is 14.3 Å². The average Bonchev–Trinajstić information content (AvgIpc) is 2.26. The molecule has 1 saturated heterocycles.